The van der Waals surface area contributed by atoms with Crippen molar-refractivity contribution in [2.24, 2.45) is 11.8 Å². The number of fused-ring (bicyclic) bond motifs is 1. The number of hydrogen-bond donors (Lipinski definition) is 1. The maximum Gasteiger partial charge on any atom is 0.233 e. The minimum Gasteiger partial charge on any atom is -0.326 e. The number of likely N-dealkylation sites (tertiary alicyclic amines) is 1. The van der Waals surface area contributed by atoms with E-state index in [1.54, 1.807) is 0 Å². The van der Waals surface area contributed by atoms with Crippen molar-refractivity contribution in [3.05, 3.63) is 41.2 Å². The highest BCUT2D eigenvalue weighted by atomic mass is 35.5. The van der Waals surface area contributed by atoms with E-state index in [0.717, 1.165) is 6.07 Å². The van der Waals surface area contributed by atoms with Gasteiger partial charge >= 0.3 is 0 Å². The van der Waals surface area contributed by atoms with Gasteiger partial charge in [-0.1, -0.05) is 23.8 Å². The number of nitrogens with one attached hydrogen (secondary N) is 1. The smallest absolute Gasteiger partial charge is 0.233 e. The molecule has 0 aromatic heterocycles. The van der Waals surface area contributed by atoms with Gasteiger partial charge in [-0.25, -0.2) is 4.39 Å². The van der Waals surface area contributed by atoms with Gasteiger partial charge in [-0.05, 0) is 31.0 Å². The van der Waals surface area contributed by atoms with Crippen molar-refractivity contribution in [2.45, 2.75) is 19.3 Å². The van der Waals surface area contributed by atoms with Gasteiger partial charge in [0.2, 0.25) is 17.7 Å². The molecular weight excluding hydrogens is 335 g/mol. The van der Waals surface area contributed by atoms with Gasteiger partial charge in [-0.3, -0.25) is 19.3 Å². The molecule has 7 heteroatoms. The second-order valence-electron chi connectivity index (χ2n) is 5.91. The highest BCUT2D eigenvalue weighted by Gasteiger charge is 2.46. The molecule has 126 valence electrons. The molecule has 1 aliphatic carbocycles. The largest absolute Gasteiger partial charge is 0.326 e. The SMILES string of the molecule is O=C(CCN1C(=O)[C@H]2CC=CC[C@H]2C1=O)Nc1ccc(F)c(Cl)c1. The number of benzene rings is 1. The highest BCUT2D eigenvalue weighted by Crippen LogP contribution is 2.35. The summed E-state index contributed by atoms with van der Waals surface area (Å²) in [7, 11) is 0. The molecule has 1 aromatic carbocycles. The number of carbonyl (C=O) groups is 3. The Labute approximate surface area is 143 Å². The summed E-state index contributed by atoms with van der Waals surface area (Å²) in [6, 6.07) is 3.86. The van der Waals surface area contributed by atoms with Gasteiger partial charge in [-0.15, -0.1) is 0 Å². The zero-order chi connectivity index (χ0) is 17.3. The van der Waals surface area contributed by atoms with Gasteiger partial charge < -0.3 is 5.32 Å². The zero-order valence-electron chi connectivity index (χ0n) is 12.8. The third kappa shape index (κ3) is 3.19. The van der Waals surface area contributed by atoms with Crippen molar-refractivity contribution in [1.82, 2.24) is 4.90 Å². The Morgan fingerprint density at radius 3 is 2.42 bits per heavy atom. The van der Waals surface area contributed by atoms with Gasteiger partial charge in [-0.2, -0.15) is 0 Å². The Morgan fingerprint density at radius 2 is 1.83 bits per heavy atom. The molecule has 1 aromatic rings. The fourth-order valence-corrected chi connectivity index (χ4v) is 3.28. The molecular formula is C17H16ClFN2O3. The van der Waals surface area contributed by atoms with Crippen LogP contribution in [-0.4, -0.2) is 29.2 Å². The van der Waals surface area contributed by atoms with Crippen LogP contribution in [0.2, 0.25) is 5.02 Å². The van der Waals surface area contributed by atoms with Gasteiger partial charge in [0.15, 0.2) is 0 Å². The van der Waals surface area contributed by atoms with Crippen LogP contribution in [0, 0.1) is 17.7 Å². The minimum absolute atomic E-state index is 0.0145. The Balaban J connectivity index is 1.57. The third-order valence-electron chi connectivity index (χ3n) is 4.36. The number of hydrogen-bond acceptors (Lipinski definition) is 3. The van der Waals surface area contributed by atoms with Crippen LogP contribution in [0.4, 0.5) is 10.1 Å². The molecule has 0 radical (unpaired) electrons. The first kappa shape index (κ1) is 16.6. The van der Waals surface area contributed by atoms with Crippen LogP contribution in [0.25, 0.3) is 0 Å². The Bertz CT molecular complexity index is 709. The van der Waals surface area contributed by atoms with Crippen LogP contribution in [0.3, 0.4) is 0 Å². The van der Waals surface area contributed by atoms with Gasteiger partial charge in [0.1, 0.15) is 5.82 Å². The predicted molar refractivity (Wildman–Crippen MR) is 86.7 cm³/mol. The first-order valence-electron chi connectivity index (χ1n) is 7.72. The summed E-state index contributed by atoms with van der Waals surface area (Å²) in [5, 5.41) is 2.49. The zero-order valence-corrected chi connectivity index (χ0v) is 13.6. The van der Waals surface area contributed by atoms with E-state index in [4.69, 9.17) is 11.6 Å². The van der Waals surface area contributed by atoms with Crippen LogP contribution < -0.4 is 5.32 Å². The molecule has 0 saturated carbocycles. The molecule has 0 unspecified atom stereocenters. The molecule has 24 heavy (non-hydrogen) atoms. The van der Waals surface area contributed by atoms with E-state index < -0.39 is 5.82 Å². The lowest BCUT2D eigenvalue weighted by Gasteiger charge is -2.14. The highest BCUT2D eigenvalue weighted by molar-refractivity contribution is 6.31. The number of amides is 3. The molecule has 1 N–H and O–H groups in total. The van der Waals surface area contributed by atoms with Crippen LogP contribution in [0.1, 0.15) is 19.3 Å². The fourth-order valence-electron chi connectivity index (χ4n) is 3.10. The van der Waals surface area contributed by atoms with Crippen molar-refractivity contribution in [3.8, 4) is 0 Å². The Hall–Kier alpha value is -2.21. The lowest BCUT2D eigenvalue weighted by molar-refractivity contribution is -0.140. The first-order valence-corrected chi connectivity index (χ1v) is 8.10. The summed E-state index contributed by atoms with van der Waals surface area (Å²) in [6.45, 7) is 0.0471. The van der Waals surface area contributed by atoms with E-state index in [0.29, 0.717) is 18.5 Å². The summed E-state index contributed by atoms with van der Waals surface area (Å²) in [4.78, 5) is 37.7. The van der Waals surface area contributed by atoms with Crippen molar-refractivity contribution in [1.29, 1.82) is 0 Å². The maximum atomic E-state index is 13.1. The number of imide groups is 1. The predicted octanol–water partition coefficient (Wildman–Crippen LogP) is 2.76. The summed E-state index contributed by atoms with van der Waals surface area (Å²) in [5.74, 6) is -1.92. The molecule has 0 bridgehead atoms. The van der Waals surface area contributed by atoms with Crippen LogP contribution in [0.5, 0.6) is 0 Å². The average Bonchev–Trinajstić information content (AvgIpc) is 2.81. The van der Waals surface area contributed by atoms with E-state index in [1.807, 2.05) is 12.2 Å². The number of halogens is 2. The average molecular weight is 351 g/mol. The molecule has 1 saturated heterocycles. The van der Waals surface area contributed by atoms with Crippen LogP contribution >= 0.6 is 11.6 Å². The number of nitrogens with zero attached hydrogens (tertiary/aromatic N) is 1. The second kappa shape index (κ2) is 6.73. The lowest BCUT2D eigenvalue weighted by Crippen LogP contribution is -2.34. The molecule has 1 fully saturated rings. The fraction of sp³-hybridized carbons (Fsp3) is 0.353. The van der Waals surface area contributed by atoms with Crippen LogP contribution in [-0.2, 0) is 14.4 Å². The molecule has 5 nitrogen and oxygen atoms in total. The van der Waals surface area contributed by atoms with E-state index >= 15 is 0 Å². The quantitative estimate of drug-likeness (QED) is 0.670. The minimum atomic E-state index is -0.570. The van der Waals surface area contributed by atoms with Crippen molar-refractivity contribution in [3.63, 3.8) is 0 Å². The van der Waals surface area contributed by atoms with E-state index in [-0.39, 0.29) is 47.5 Å². The monoisotopic (exact) mass is 350 g/mol. The summed E-state index contributed by atoms with van der Waals surface area (Å²) >= 11 is 5.66. The second-order valence-corrected chi connectivity index (χ2v) is 6.32. The van der Waals surface area contributed by atoms with E-state index in [2.05, 4.69) is 5.32 Å². The van der Waals surface area contributed by atoms with Gasteiger partial charge in [0.25, 0.3) is 0 Å². The van der Waals surface area contributed by atoms with Crippen molar-refractivity contribution < 1.29 is 18.8 Å². The Kier molecular flexibility index (Phi) is 4.66. The molecule has 0 spiro atoms. The standard InChI is InChI=1S/C17H16ClFN2O3/c18-13-9-10(5-6-14(13)19)20-15(22)7-8-21-16(23)11-3-1-2-4-12(11)17(21)24/h1-2,5-6,9,11-12H,3-4,7-8H2,(H,20,22)/t11-,12+. The van der Waals surface area contributed by atoms with E-state index in [1.165, 1.54) is 17.0 Å². The molecule has 3 amide bonds. The van der Waals surface area contributed by atoms with Crippen molar-refractivity contribution in [2.75, 3.05) is 11.9 Å². The lowest BCUT2D eigenvalue weighted by atomic mass is 9.85. The molecule has 2 atom stereocenters. The summed E-state index contributed by atoms with van der Waals surface area (Å²) in [6.07, 6.45) is 4.97. The third-order valence-corrected chi connectivity index (χ3v) is 4.65. The van der Waals surface area contributed by atoms with Crippen molar-refractivity contribution >= 4 is 35.0 Å². The van der Waals surface area contributed by atoms with E-state index in [9.17, 15) is 18.8 Å². The molecule has 1 heterocycles. The van der Waals surface area contributed by atoms with Gasteiger partial charge in [0, 0.05) is 18.7 Å². The normalized spacial score (nSPS) is 22.7. The van der Waals surface area contributed by atoms with Crippen LogP contribution in [0.15, 0.2) is 30.4 Å². The van der Waals surface area contributed by atoms with Gasteiger partial charge in [0.05, 0.1) is 16.9 Å². The summed E-state index contributed by atoms with van der Waals surface area (Å²) in [5.41, 5.74) is 0.364. The molecule has 1 aliphatic heterocycles. The number of carbonyl (C=O) groups excluding carboxylic acids is 3. The number of anilines is 1. The number of rotatable bonds is 4. The topological polar surface area (TPSA) is 66.5 Å². The molecule has 2 aliphatic rings. The maximum absolute atomic E-state index is 13.1. The first-order chi connectivity index (χ1) is 11.5. The number of allylic oxidation sites excluding steroid dienone is 2. The Morgan fingerprint density at radius 1 is 1.21 bits per heavy atom. The summed E-state index contributed by atoms with van der Waals surface area (Å²) < 4.78 is 13.1. The molecule has 3 rings (SSSR count).